The third-order valence-electron chi connectivity index (χ3n) is 2.78. The maximum absolute atomic E-state index is 5.22. The molecule has 3 heterocycles. The Balaban J connectivity index is 2.14. The van der Waals surface area contributed by atoms with Gasteiger partial charge < -0.3 is 4.98 Å². The normalized spacial score (nSPS) is 10.7. The van der Waals surface area contributed by atoms with Crippen LogP contribution in [0.3, 0.4) is 0 Å². The maximum atomic E-state index is 5.22. The molecule has 6 nitrogen and oxygen atoms in total. The van der Waals surface area contributed by atoms with Gasteiger partial charge in [0, 0.05) is 25.0 Å². The van der Waals surface area contributed by atoms with Crippen molar-refractivity contribution >= 4 is 12.2 Å². The number of aromatic amines is 1. The van der Waals surface area contributed by atoms with Crippen molar-refractivity contribution in [3.05, 3.63) is 41.2 Å². The Morgan fingerprint density at radius 2 is 2.15 bits per heavy atom. The summed E-state index contributed by atoms with van der Waals surface area (Å²) in [7, 11) is 1.87. The molecule has 0 saturated heterocycles. The molecule has 3 aromatic rings. The van der Waals surface area contributed by atoms with Crippen molar-refractivity contribution in [2.24, 2.45) is 7.05 Å². The molecule has 3 rings (SSSR count). The lowest BCUT2D eigenvalue weighted by Crippen LogP contribution is -1.96. The molecule has 20 heavy (non-hydrogen) atoms. The summed E-state index contributed by atoms with van der Waals surface area (Å²) >= 11 is 5.22. The summed E-state index contributed by atoms with van der Waals surface area (Å²) in [4.78, 5) is 16.0. The van der Waals surface area contributed by atoms with E-state index in [-0.39, 0.29) is 0 Å². The van der Waals surface area contributed by atoms with Crippen LogP contribution in [0.25, 0.3) is 22.8 Å². The minimum absolute atomic E-state index is 0.508. The quantitative estimate of drug-likeness (QED) is 0.731. The Kier molecular flexibility index (Phi) is 3.11. The second-order valence-corrected chi connectivity index (χ2v) is 4.79. The number of hydrogen-bond acceptors (Lipinski definition) is 5. The zero-order chi connectivity index (χ0) is 14.1. The van der Waals surface area contributed by atoms with Gasteiger partial charge in [0.05, 0.1) is 11.9 Å². The number of nitrogens with one attached hydrogen (secondary N) is 1. The second-order valence-electron chi connectivity index (χ2n) is 4.37. The van der Waals surface area contributed by atoms with Gasteiger partial charge in [-0.2, -0.15) is 5.10 Å². The lowest BCUT2D eigenvalue weighted by Gasteiger charge is -2.04. The first kappa shape index (κ1) is 12.6. The minimum Gasteiger partial charge on any atom is -0.338 e. The lowest BCUT2D eigenvalue weighted by molar-refractivity contribution is 0.768. The van der Waals surface area contributed by atoms with Crippen molar-refractivity contribution in [1.82, 2.24) is 29.7 Å². The molecule has 1 N–H and O–H groups in total. The summed E-state index contributed by atoms with van der Waals surface area (Å²) in [5.41, 5.74) is 2.53. The highest BCUT2D eigenvalue weighted by molar-refractivity contribution is 7.71. The molecule has 3 aromatic heterocycles. The van der Waals surface area contributed by atoms with Crippen LogP contribution in [-0.2, 0) is 7.05 Å². The number of nitrogens with zero attached hydrogens (tertiary/aromatic N) is 5. The Morgan fingerprint density at radius 3 is 2.85 bits per heavy atom. The zero-order valence-corrected chi connectivity index (χ0v) is 11.8. The second kappa shape index (κ2) is 4.93. The molecular formula is C13H12N6S. The monoisotopic (exact) mass is 284 g/mol. The molecule has 0 aromatic carbocycles. The highest BCUT2D eigenvalue weighted by Crippen LogP contribution is 2.19. The van der Waals surface area contributed by atoms with Crippen LogP contribution in [0.4, 0.5) is 0 Å². The van der Waals surface area contributed by atoms with Crippen LogP contribution in [0.1, 0.15) is 5.82 Å². The number of aromatic nitrogens is 6. The topological polar surface area (TPSA) is 72.3 Å². The van der Waals surface area contributed by atoms with E-state index in [0.29, 0.717) is 22.0 Å². The van der Waals surface area contributed by atoms with Crippen molar-refractivity contribution in [3.63, 3.8) is 0 Å². The summed E-state index contributed by atoms with van der Waals surface area (Å²) in [6.07, 6.45) is 5.39. The fraction of sp³-hybridized carbons (Fsp3) is 0.154. The number of H-pyrrole nitrogens is 1. The molecule has 0 amide bonds. The molecule has 0 atom stereocenters. The zero-order valence-electron chi connectivity index (χ0n) is 11.0. The predicted molar refractivity (Wildman–Crippen MR) is 77.4 cm³/mol. The largest absolute Gasteiger partial charge is 0.338 e. The van der Waals surface area contributed by atoms with Gasteiger partial charge in [-0.05, 0) is 19.1 Å². The SMILES string of the molecule is Cc1nccc(-c2nc(=S)cc(-c3cnn(C)c3)[nH]2)n1. The van der Waals surface area contributed by atoms with Crippen LogP contribution in [0.15, 0.2) is 30.7 Å². The molecule has 0 fully saturated rings. The van der Waals surface area contributed by atoms with Gasteiger partial charge in [-0.1, -0.05) is 12.2 Å². The van der Waals surface area contributed by atoms with E-state index in [0.717, 1.165) is 11.3 Å². The van der Waals surface area contributed by atoms with E-state index >= 15 is 0 Å². The van der Waals surface area contributed by atoms with Crippen molar-refractivity contribution in [3.8, 4) is 22.8 Å². The van der Waals surface area contributed by atoms with Crippen molar-refractivity contribution in [2.75, 3.05) is 0 Å². The van der Waals surface area contributed by atoms with E-state index in [1.807, 2.05) is 26.2 Å². The number of hydrogen-bond donors (Lipinski definition) is 1. The van der Waals surface area contributed by atoms with Crippen LogP contribution in [0.5, 0.6) is 0 Å². The lowest BCUT2D eigenvalue weighted by atomic mass is 10.2. The van der Waals surface area contributed by atoms with Gasteiger partial charge in [-0.15, -0.1) is 0 Å². The third-order valence-corrected chi connectivity index (χ3v) is 2.99. The smallest absolute Gasteiger partial charge is 0.158 e. The average Bonchev–Trinajstić information content (AvgIpc) is 2.85. The average molecular weight is 284 g/mol. The first-order valence-electron chi connectivity index (χ1n) is 6.02. The number of rotatable bonds is 2. The van der Waals surface area contributed by atoms with Gasteiger partial charge in [-0.25, -0.2) is 15.0 Å². The first-order chi connectivity index (χ1) is 9.61. The van der Waals surface area contributed by atoms with Crippen LogP contribution in [0, 0.1) is 11.6 Å². The molecule has 0 aliphatic carbocycles. The van der Waals surface area contributed by atoms with Gasteiger partial charge in [0.1, 0.15) is 16.2 Å². The molecule has 0 spiro atoms. The molecule has 7 heteroatoms. The minimum atomic E-state index is 0.508. The molecule has 0 aliphatic rings. The van der Waals surface area contributed by atoms with E-state index < -0.39 is 0 Å². The molecule has 0 bridgehead atoms. The van der Waals surface area contributed by atoms with Crippen LogP contribution < -0.4 is 0 Å². The maximum Gasteiger partial charge on any atom is 0.158 e. The Morgan fingerprint density at radius 1 is 1.30 bits per heavy atom. The summed E-state index contributed by atoms with van der Waals surface area (Å²) in [6.45, 7) is 1.84. The summed E-state index contributed by atoms with van der Waals surface area (Å²) in [6, 6.07) is 3.61. The van der Waals surface area contributed by atoms with Crippen molar-refractivity contribution in [2.45, 2.75) is 6.92 Å². The third kappa shape index (κ3) is 2.48. The van der Waals surface area contributed by atoms with Crippen LogP contribution in [0.2, 0.25) is 0 Å². The molecule has 0 unspecified atom stereocenters. The van der Waals surface area contributed by atoms with E-state index in [2.05, 4.69) is 25.0 Å². The summed E-state index contributed by atoms with van der Waals surface area (Å²) < 4.78 is 2.25. The van der Waals surface area contributed by atoms with Gasteiger partial charge >= 0.3 is 0 Å². The molecule has 0 aliphatic heterocycles. The van der Waals surface area contributed by atoms with Crippen LogP contribution >= 0.6 is 12.2 Å². The van der Waals surface area contributed by atoms with E-state index in [1.165, 1.54) is 0 Å². The van der Waals surface area contributed by atoms with Gasteiger partial charge in [0.2, 0.25) is 0 Å². The van der Waals surface area contributed by atoms with Crippen LogP contribution in [-0.4, -0.2) is 29.7 Å². The molecular weight excluding hydrogens is 272 g/mol. The summed E-state index contributed by atoms with van der Waals surface area (Å²) in [5, 5.41) is 4.16. The van der Waals surface area contributed by atoms with E-state index in [9.17, 15) is 0 Å². The highest BCUT2D eigenvalue weighted by Gasteiger charge is 2.07. The van der Waals surface area contributed by atoms with Crippen molar-refractivity contribution in [1.29, 1.82) is 0 Å². The fourth-order valence-electron chi connectivity index (χ4n) is 1.88. The Bertz CT molecular complexity index is 819. The molecule has 100 valence electrons. The fourth-order valence-corrected chi connectivity index (χ4v) is 2.09. The highest BCUT2D eigenvalue weighted by atomic mass is 32.1. The van der Waals surface area contributed by atoms with Gasteiger partial charge in [0.15, 0.2) is 5.82 Å². The van der Waals surface area contributed by atoms with Gasteiger partial charge in [-0.3, -0.25) is 4.68 Å². The van der Waals surface area contributed by atoms with E-state index in [1.54, 1.807) is 23.1 Å². The Labute approximate surface area is 120 Å². The van der Waals surface area contributed by atoms with Gasteiger partial charge in [0.25, 0.3) is 0 Å². The first-order valence-corrected chi connectivity index (χ1v) is 6.43. The number of aryl methyl sites for hydroxylation is 2. The van der Waals surface area contributed by atoms with Crippen molar-refractivity contribution < 1.29 is 0 Å². The van der Waals surface area contributed by atoms with E-state index in [4.69, 9.17) is 12.2 Å². The Hall–Kier alpha value is -2.41. The summed E-state index contributed by atoms with van der Waals surface area (Å²) in [5.74, 6) is 1.32. The predicted octanol–water partition coefficient (Wildman–Crippen LogP) is 2.31. The standard InChI is InChI=1S/C13H12N6S/c1-8-14-4-3-10(16-8)13-17-11(5-12(20)18-13)9-6-15-19(2)7-9/h3-7H,1-2H3,(H,17,18,20). The molecule has 0 radical (unpaired) electrons. The molecule has 0 saturated carbocycles.